The molecule has 0 saturated carbocycles. The zero-order chi connectivity index (χ0) is 14.9. The Balaban J connectivity index is 2.64. The zero-order valence-electron chi connectivity index (χ0n) is 11.3. The zero-order valence-corrected chi connectivity index (χ0v) is 11.3. The fourth-order valence-electron chi connectivity index (χ4n) is 2.22. The van der Waals surface area contributed by atoms with E-state index < -0.39 is 11.7 Å². The molecule has 0 aliphatic carbocycles. The Morgan fingerprint density at radius 2 is 1.95 bits per heavy atom. The van der Waals surface area contributed by atoms with E-state index in [0.717, 1.165) is 11.8 Å². The summed E-state index contributed by atoms with van der Waals surface area (Å²) in [6.07, 6.45) is -2.87. The van der Waals surface area contributed by atoms with Crippen LogP contribution in [0.3, 0.4) is 0 Å². The Morgan fingerprint density at radius 3 is 2.50 bits per heavy atom. The van der Waals surface area contributed by atoms with E-state index in [-0.39, 0.29) is 11.6 Å². The highest BCUT2D eigenvalue weighted by molar-refractivity contribution is 5.62. The predicted octanol–water partition coefficient (Wildman–Crippen LogP) is 3.61. The number of alkyl halides is 3. The van der Waals surface area contributed by atoms with Gasteiger partial charge in [-0.15, -0.1) is 0 Å². The first-order valence-electron chi connectivity index (χ1n) is 6.33. The van der Waals surface area contributed by atoms with Gasteiger partial charge in [0.25, 0.3) is 0 Å². The van der Waals surface area contributed by atoms with Crippen LogP contribution >= 0.6 is 0 Å². The number of nitrogens with zero attached hydrogens (tertiary/aromatic N) is 2. The molecule has 1 aromatic carbocycles. The fraction of sp³-hybridized carbons (Fsp3) is 0.357. The summed E-state index contributed by atoms with van der Waals surface area (Å²) in [4.78, 5) is 4.14. The van der Waals surface area contributed by atoms with Crippen LogP contribution in [0.2, 0.25) is 0 Å². The van der Waals surface area contributed by atoms with E-state index in [1.165, 1.54) is 18.3 Å². The van der Waals surface area contributed by atoms with Gasteiger partial charge in [0.1, 0.15) is 5.82 Å². The summed E-state index contributed by atoms with van der Waals surface area (Å²) in [7, 11) is 0. The fourth-order valence-corrected chi connectivity index (χ4v) is 2.22. The maximum absolute atomic E-state index is 13.1. The molecule has 0 saturated heterocycles. The molecule has 2 aromatic rings. The van der Waals surface area contributed by atoms with Crippen molar-refractivity contribution in [3.8, 4) is 11.4 Å². The lowest BCUT2D eigenvalue weighted by Gasteiger charge is -2.15. The quantitative estimate of drug-likeness (QED) is 0.935. The van der Waals surface area contributed by atoms with Crippen molar-refractivity contribution in [1.29, 1.82) is 0 Å². The van der Waals surface area contributed by atoms with Crippen molar-refractivity contribution in [1.82, 2.24) is 9.55 Å². The molecule has 20 heavy (non-hydrogen) atoms. The Kier molecular flexibility index (Phi) is 3.85. The third kappa shape index (κ3) is 2.56. The van der Waals surface area contributed by atoms with Crippen LogP contribution in [0.25, 0.3) is 11.4 Å². The number of hydrogen-bond donors (Lipinski definition) is 1. The monoisotopic (exact) mass is 283 g/mol. The Hall–Kier alpha value is -1.82. The second-order valence-electron chi connectivity index (χ2n) is 4.58. The third-order valence-corrected chi connectivity index (χ3v) is 3.14. The van der Waals surface area contributed by atoms with Crippen molar-refractivity contribution in [3.05, 3.63) is 41.7 Å². The number of hydrogen-bond acceptors (Lipinski definition) is 2. The van der Waals surface area contributed by atoms with Crippen molar-refractivity contribution in [2.24, 2.45) is 5.73 Å². The smallest absolute Gasteiger partial charge is 0.327 e. The van der Waals surface area contributed by atoms with E-state index in [1.807, 2.05) is 6.92 Å². The van der Waals surface area contributed by atoms with Gasteiger partial charge in [-0.2, -0.15) is 13.2 Å². The second-order valence-corrected chi connectivity index (χ2v) is 4.58. The highest BCUT2D eigenvalue weighted by Crippen LogP contribution is 2.36. The average Bonchev–Trinajstić information content (AvgIpc) is 2.81. The summed E-state index contributed by atoms with van der Waals surface area (Å²) in [5, 5.41) is 0. The summed E-state index contributed by atoms with van der Waals surface area (Å²) in [6, 6.07) is 5.16. The van der Waals surface area contributed by atoms with Crippen molar-refractivity contribution < 1.29 is 13.2 Å². The topological polar surface area (TPSA) is 43.8 Å². The lowest BCUT2D eigenvalue weighted by molar-refractivity contribution is -0.137. The minimum atomic E-state index is -4.41. The molecular formula is C14H16F3N3. The molecule has 2 rings (SSSR count). The Labute approximate surface area is 115 Å². The van der Waals surface area contributed by atoms with E-state index in [1.54, 1.807) is 17.6 Å². The van der Waals surface area contributed by atoms with Crippen molar-refractivity contribution in [2.45, 2.75) is 32.6 Å². The summed E-state index contributed by atoms with van der Waals surface area (Å²) in [5.74, 6) is 0.299. The molecule has 1 atom stereocenters. The van der Waals surface area contributed by atoms with Crippen molar-refractivity contribution >= 4 is 0 Å². The molecule has 0 aliphatic rings. The first-order valence-corrected chi connectivity index (χ1v) is 6.33. The van der Waals surface area contributed by atoms with E-state index in [2.05, 4.69) is 4.98 Å². The predicted molar refractivity (Wildman–Crippen MR) is 70.9 cm³/mol. The first kappa shape index (κ1) is 14.6. The standard InChI is InChI=1S/C14H16F3N3/c1-3-20-12(9(2)18)8-19-13(20)10-6-4-5-7-11(10)14(15,16)17/h4-9H,3,18H2,1-2H3. The van der Waals surface area contributed by atoms with Crippen LogP contribution in [-0.2, 0) is 12.7 Å². The van der Waals surface area contributed by atoms with Gasteiger partial charge in [0, 0.05) is 18.2 Å². The normalized spacial score (nSPS) is 13.5. The van der Waals surface area contributed by atoms with E-state index in [4.69, 9.17) is 5.73 Å². The molecule has 0 aliphatic heterocycles. The van der Waals surface area contributed by atoms with E-state index in [9.17, 15) is 13.2 Å². The number of rotatable bonds is 3. The molecule has 0 spiro atoms. The molecule has 6 heteroatoms. The number of imidazole rings is 1. The van der Waals surface area contributed by atoms with Crippen LogP contribution < -0.4 is 5.73 Å². The van der Waals surface area contributed by atoms with Crippen molar-refractivity contribution in [2.75, 3.05) is 0 Å². The van der Waals surface area contributed by atoms with Gasteiger partial charge in [0.2, 0.25) is 0 Å². The van der Waals surface area contributed by atoms with Crippen LogP contribution in [-0.4, -0.2) is 9.55 Å². The summed E-state index contributed by atoms with van der Waals surface area (Å²) in [5.41, 5.74) is 5.94. The lowest BCUT2D eigenvalue weighted by Crippen LogP contribution is -2.13. The summed E-state index contributed by atoms with van der Waals surface area (Å²) in [6.45, 7) is 4.15. The lowest BCUT2D eigenvalue weighted by atomic mass is 10.1. The molecule has 3 nitrogen and oxygen atoms in total. The van der Waals surface area contributed by atoms with Gasteiger partial charge in [-0.25, -0.2) is 4.98 Å². The molecule has 108 valence electrons. The number of halogens is 3. The molecular weight excluding hydrogens is 267 g/mol. The summed E-state index contributed by atoms with van der Waals surface area (Å²) >= 11 is 0. The van der Waals surface area contributed by atoms with Gasteiger partial charge >= 0.3 is 6.18 Å². The Bertz CT molecular complexity index is 600. The van der Waals surface area contributed by atoms with Gasteiger partial charge in [0.15, 0.2) is 0 Å². The van der Waals surface area contributed by atoms with Crippen LogP contribution in [0, 0.1) is 0 Å². The SMILES string of the molecule is CCn1c(C(C)N)cnc1-c1ccccc1C(F)(F)F. The summed E-state index contributed by atoms with van der Waals surface area (Å²) < 4.78 is 40.9. The minimum absolute atomic E-state index is 0.0775. The van der Waals surface area contributed by atoms with Crippen molar-refractivity contribution in [3.63, 3.8) is 0 Å². The molecule has 0 radical (unpaired) electrons. The largest absolute Gasteiger partial charge is 0.417 e. The van der Waals surface area contributed by atoms with Crippen LogP contribution in [0.5, 0.6) is 0 Å². The Morgan fingerprint density at radius 1 is 1.30 bits per heavy atom. The maximum Gasteiger partial charge on any atom is 0.417 e. The van der Waals surface area contributed by atoms with Gasteiger partial charge in [-0.05, 0) is 19.9 Å². The molecule has 0 amide bonds. The third-order valence-electron chi connectivity index (χ3n) is 3.14. The van der Waals surface area contributed by atoms with Gasteiger partial charge in [-0.3, -0.25) is 0 Å². The highest BCUT2D eigenvalue weighted by Gasteiger charge is 2.34. The molecule has 1 aromatic heterocycles. The highest BCUT2D eigenvalue weighted by atomic mass is 19.4. The molecule has 0 fully saturated rings. The second kappa shape index (κ2) is 5.28. The van der Waals surface area contributed by atoms with E-state index in [0.29, 0.717) is 12.4 Å². The van der Waals surface area contributed by atoms with Crippen LogP contribution in [0.4, 0.5) is 13.2 Å². The molecule has 1 heterocycles. The number of benzene rings is 1. The van der Waals surface area contributed by atoms with Crippen LogP contribution in [0.15, 0.2) is 30.5 Å². The van der Waals surface area contributed by atoms with Gasteiger partial charge in [0.05, 0.1) is 17.5 Å². The maximum atomic E-state index is 13.1. The van der Waals surface area contributed by atoms with Gasteiger partial charge < -0.3 is 10.3 Å². The molecule has 1 unspecified atom stereocenters. The average molecular weight is 283 g/mol. The number of nitrogens with two attached hydrogens (primary N) is 1. The minimum Gasteiger partial charge on any atom is -0.327 e. The molecule has 2 N–H and O–H groups in total. The first-order chi connectivity index (χ1) is 9.36. The van der Waals surface area contributed by atoms with Gasteiger partial charge in [-0.1, -0.05) is 18.2 Å². The molecule has 0 bridgehead atoms. The van der Waals surface area contributed by atoms with E-state index >= 15 is 0 Å². The number of aromatic nitrogens is 2. The van der Waals surface area contributed by atoms with Crippen LogP contribution in [0.1, 0.15) is 31.1 Å².